The highest BCUT2D eigenvalue weighted by Gasteiger charge is 2.34. The Hall–Kier alpha value is -0.0400. The van der Waals surface area contributed by atoms with Crippen LogP contribution in [-0.4, -0.2) is 24.5 Å². The number of likely N-dealkylation sites (tertiary alicyclic amines) is 1. The molecule has 1 rings (SSSR count). The highest BCUT2D eigenvalue weighted by molar-refractivity contribution is 4.87. The Morgan fingerprint density at radius 1 is 1.33 bits per heavy atom. The Morgan fingerprint density at radius 3 is 2.50 bits per heavy atom. The van der Waals surface area contributed by atoms with Crippen LogP contribution in [0.5, 0.6) is 0 Å². The van der Waals surface area contributed by atoms with Crippen LogP contribution in [0.2, 0.25) is 0 Å². The summed E-state index contributed by atoms with van der Waals surface area (Å²) >= 11 is 0. The van der Waals surface area contributed by atoms with Crippen LogP contribution < -0.4 is 0 Å². The molecule has 72 valence electrons. The number of nitrogens with zero attached hydrogens (tertiary/aromatic N) is 1. The molecule has 0 N–H and O–H groups in total. The lowest BCUT2D eigenvalue weighted by Gasteiger charge is -2.21. The average molecular weight is 169 g/mol. The lowest BCUT2D eigenvalue weighted by molar-refractivity contribution is 0.278. The summed E-state index contributed by atoms with van der Waals surface area (Å²) in [7, 11) is 2.27. The minimum Gasteiger partial charge on any atom is -0.303 e. The average Bonchev–Trinajstić information content (AvgIpc) is 2.33. The van der Waals surface area contributed by atoms with Crippen molar-refractivity contribution < 1.29 is 0 Å². The van der Waals surface area contributed by atoms with Gasteiger partial charge >= 0.3 is 0 Å². The van der Waals surface area contributed by atoms with Crippen molar-refractivity contribution >= 4 is 0 Å². The van der Waals surface area contributed by atoms with Crippen molar-refractivity contribution in [3.8, 4) is 0 Å². The van der Waals surface area contributed by atoms with Crippen LogP contribution in [0.15, 0.2) is 0 Å². The van der Waals surface area contributed by atoms with E-state index in [2.05, 4.69) is 32.7 Å². The third-order valence-electron chi connectivity index (χ3n) is 3.59. The Balaban J connectivity index is 2.53. The maximum atomic E-state index is 2.52. The first-order valence-electron chi connectivity index (χ1n) is 5.40. The molecule has 0 amide bonds. The maximum Gasteiger partial charge on any atom is 0.00953 e. The maximum absolute atomic E-state index is 2.52. The minimum absolute atomic E-state index is 0.815. The van der Waals surface area contributed by atoms with E-state index in [9.17, 15) is 0 Å². The fourth-order valence-electron chi connectivity index (χ4n) is 2.63. The predicted octanol–water partition coefficient (Wildman–Crippen LogP) is 2.76. The van der Waals surface area contributed by atoms with Gasteiger partial charge in [-0.2, -0.15) is 0 Å². The second-order valence-electron chi connectivity index (χ2n) is 4.30. The summed E-state index contributed by atoms with van der Waals surface area (Å²) in [6, 6.07) is 0.815. The molecule has 1 heterocycles. The third kappa shape index (κ3) is 1.82. The minimum atomic E-state index is 0.815. The molecule has 0 bridgehead atoms. The monoisotopic (exact) mass is 169 g/mol. The van der Waals surface area contributed by atoms with Gasteiger partial charge in [0.05, 0.1) is 0 Å². The van der Waals surface area contributed by atoms with E-state index in [4.69, 9.17) is 0 Å². The van der Waals surface area contributed by atoms with Gasteiger partial charge in [-0.1, -0.05) is 26.7 Å². The van der Waals surface area contributed by atoms with E-state index in [0.717, 1.165) is 17.9 Å². The van der Waals surface area contributed by atoms with E-state index in [1.807, 2.05) is 0 Å². The van der Waals surface area contributed by atoms with Gasteiger partial charge < -0.3 is 4.90 Å². The molecular formula is C11H23N. The molecule has 1 saturated heterocycles. The van der Waals surface area contributed by atoms with Crippen LogP contribution in [0.3, 0.4) is 0 Å². The zero-order chi connectivity index (χ0) is 9.14. The van der Waals surface area contributed by atoms with E-state index in [1.54, 1.807) is 0 Å². The zero-order valence-electron chi connectivity index (χ0n) is 9.01. The van der Waals surface area contributed by atoms with Crippen molar-refractivity contribution in [1.82, 2.24) is 4.90 Å². The third-order valence-corrected chi connectivity index (χ3v) is 3.59. The van der Waals surface area contributed by atoms with Gasteiger partial charge in [-0.3, -0.25) is 0 Å². The molecule has 0 aliphatic carbocycles. The summed E-state index contributed by atoms with van der Waals surface area (Å²) in [4.78, 5) is 2.52. The lowest BCUT2D eigenvalue weighted by Crippen LogP contribution is -2.25. The Kier molecular flexibility index (Phi) is 3.57. The largest absolute Gasteiger partial charge is 0.303 e. The molecule has 1 aliphatic rings. The molecule has 0 radical (unpaired) electrons. The molecule has 0 aromatic carbocycles. The molecule has 12 heavy (non-hydrogen) atoms. The van der Waals surface area contributed by atoms with Crippen LogP contribution in [0, 0.1) is 11.8 Å². The molecular weight excluding hydrogens is 146 g/mol. The first-order valence-corrected chi connectivity index (χ1v) is 5.40. The van der Waals surface area contributed by atoms with Crippen molar-refractivity contribution in [3.63, 3.8) is 0 Å². The van der Waals surface area contributed by atoms with E-state index in [0.29, 0.717) is 0 Å². The molecule has 0 aromatic heterocycles. The molecule has 0 saturated carbocycles. The van der Waals surface area contributed by atoms with Crippen molar-refractivity contribution in [3.05, 3.63) is 0 Å². The van der Waals surface area contributed by atoms with Crippen LogP contribution in [0.1, 0.15) is 40.0 Å². The SMILES string of the molecule is CCCC1C(CC)CN(C)C1C. The molecule has 1 heteroatoms. The van der Waals surface area contributed by atoms with Crippen molar-refractivity contribution in [1.29, 1.82) is 0 Å². The number of hydrogen-bond acceptors (Lipinski definition) is 1. The quantitative estimate of drug-likeness (QED) is 0.628. The number of hydrogen-bond donors (Lipinski definition) is 0. The van der Waals surface area contributed by atoms with E-state index >= 15 is 0 Å². The summed E-state index contributed by atoms with van der Waals surface area (Å²) in [6.45, 7) is 8.34. The summed E-state index contributed by atoms with van der Waals surface area (Å²) in [5, 5.41) is 0. The highest BCUT2D eigenvalue weighted by Crippen LogP contribution is 2.33. The van der Waals surface area contributed by atoms with Gasteiger partial charge in [0.2, 0.25) is 0 Å². The second kappa shape index (κ2) is 4.27. The summed E-state index contributed by atoms with van der Waals surface area (Å²) in [5.74, 6) is 1.93. The van der Waals surface area contributed by atoms with Gasteiger partial charge in [0.1, 0.15) is 0 Å². The first-order chi connectivity index (χ1) is 5.70. The Labute approximate surface area is 77.1 Å². The zero-order valence-corrected chi connectivity index (χ0v) is 9.01. The van der Waals surface area contributed by atoms with Crippen LogP contribution in [0.25, 0.3) is 0 Å². The van der Waals surface area contributed by atoms with Gasteiger partial charge in [0.25, 0.3) is 0 Å². The van der Waals surface area contributed by atoms with Crippen molar-refractivity contribution in [2.45, 2.75) is 46.1 Å². The fraction of sp³-hybridized carbons (Fsp3) is 1.00. The van der Waals surface area contributed by atoms with Crippen LogP contribution in [-0.2, 0) is 0 Å². The van der Waals surface area contributed by atoms with Gasteiger partial charge in [0, 0.05) is 12.6 Å². The smallest absolute Gasteiger partial charge is 0.00953 e. The van der Waals surface area contributed by atoms with Crippen molar-refractivity contribution in [2.24, 2.45) is 11.8 Å². The van der Waals surface area contributed by atoms with Crippen LogP contribution in [0.4, 0.5) is 0 Å². The van der Waals surface area contributed by atoms with Crippen LogP contribution >= 0.6 is 0 Å². The van der Waals surface area contributed by atoms with Crippen molar-refractivity contribution in [2.75, 3.05) is 13.6 Å². The van der Waals surface area contributed by atoms with Gasteiger partial charge in [-0.05, 0) is 32.2 Å². The molecule has 0 spiro atoms. The topological polar surface area (TPSA) is 3.24 Å². The predicted molar refractivity (Wildman–Crippen MR) is 54.3 cm³/mol. The Bertz CT molecular complexity index is 133. The number of rotatable bonds is 3. The summed E-state index contributed by atoms with van der Waals surface area (Å²) < 4.78 is 0. The lowest BCUT2D eigenvalue weighted by atomic mass is 9.86. The molecule has 1 aliphatic heterocycles. The van der Waals surface area contributed by atoms with E-state index in [-0.39, 0.29) is 0 Å². The summed E-state index contributed by atoms with van der Waals surface area (Å²) in [6.07, 6.45) is 4.13. The van der Waals surface area contributed by atoms with E-state index < -0.39 is 0 Å². The normalized spacial score (nSPS) is 37.5. The van der Waals surface area contributed by atoms with Gasteiger partial charge in [-0.15, -0.1) is 0 Å². The molecule has 3 atom stereocenters. The van der Waals surface area contributed by atoms with Gasteiger partial charge in [-0.25, -0.2) is 0 Å². The van der Waals surface area contributed by atoms with Gasteiger partial charge in [0.15, 0.2) is 0 Å². The molecule has 0 aromatic rings. The standard InChI is InChI=1S/C11H23N/c1-5-7-11-9(3)12(4)8-10(11)6-2/h9-11H,5-8H2,1-4H3. The fourth-order valence-corrected chi connectivity index (χ4v) is 2.63. The molecule has 1 nitrogen and oxygen atoms in total. The first kappa shape index (κ1) is 10.0. The highest BCUT2D eigenvalue weighted by atomic mass is 15.2. The molecule has 3 unspecified atom stereocenters. The second-order valence-corrected chi connectivity index (χ2v) is 4.30. The molecule has 1 fully saturated rings. The Morgan fingerprint density at radius 2 is 2.00 bits per heavy atom. The summed E-state index contributed by atoms with van der Waals surface area (Å²) in [5.41, 5.74) is 0. The van der Waals surface area contributed by atoms with E-state index in [1.165, 1.54) is 25.8 Å².